The van der Waals surface area contributed by atoms with Gasteiger partial charge in [-0.1, -0.05) is 36.4 Å². The number of nitrogens with zero attached hydrogens (tertiary/aromatic N) is 1. The Hall–Kier alpha value is -5.51. The third-order valence-corrected chi connectivity index (χ3v) is 7.12. The van der Waals surface area contributed by atoms with Gasteiger partial charge in [-0.05, 0) is 71.8 Å². The fraction of sp³-hybridized carbons (Fsp3) is 0.147. The first-order chi connectivity index (χ1) is 21.3. The molecule has 0 bridgehead atoms. The number of ether oxygens (including phenoxy) is 4. The number of hydrogen-bond donors (Lipinski definition) is 1. The molecule has 0 fully saturated rings. The van der Waals surface area contributed by atoms with Crippen LogP contribution in [-0.4, -0.2) is 39.4 Å². The van der Waals surface area contributed by atoms with Crippen LogP contribution in [0.1, 0.15) is 33.2 Å². The first-order valence-electron chi connectivity index (χ1n) is 13.5. The first-order valence-corrected chi connectivity index (χ1v) is 13.5. The third-order valence-electron chi connectivity index (χ3n) is 7.12. The minimum absolute atomic E-state index is 0.0283. The summed E-state index contributed by atoms with van der Waals surface area (Å²) < 4.78 is 50.6. The molecule has 4 aromatic rings. The van der Waals surface area contributed by atoms with Crippen molar-refractivity contribution in [3.8, 4) is 17.2 Å². The predicted molar refractivity (Wildman–Crippen MR) is 161 cm³/mol. The van der Waals surface area contributed by atoms with Crippen LogP contribution in [0.4, 0.5) is 14.5 Å². The summed E-state index contributed by atoms with van der Waals surface area (Å²) >= 11 is 0. The molecule has 1 heterocycles. The smallest absolute Gasteiger partial charge is 0.341 e. The van der Waals surface area contributed by atoms with Gasteiger partial charge in [-0.15, -0.1) is 0 Å². The number of rotatable bonds is 10. The number of carbonyl (C=O) groups excluding carboxylic acids is 2. The fourth-order valence-corrected chi connectivity index (χ4v) is 4.87. The molecule has 8 nitrogen and oxygen atoms in total. The zero-order chi connectivity index (χ0) is 31.3. The largest absolute Gasteiger partial charge is 0.493 e. The van der Waals surface area contributed by atoms with Crippen molar-refractivity contribution in [2.75, 3.05) is 26.6 Å². The first kappa shape index (κ1) is 30.0. The Labute approximate surface area is 252 Å². The number of methoxy groups -OCH3 is 3. The SMILES string of the molecule is COC(=O)c1cc(NC(=O)C2(c3ccc(OC)c(OC)c3)C=CC=N2)ccc1OC(c1ccc(F)cc1)c1ccccc1F. The second kappa shape index (κ2) is 12.8. The number of hydrogen-bond acceptors (Lipinski definition) is 7. The molecule has 44 heavy (non-hydrogen) atoms. The maximum absolute atomic E-state index is 14.9. The average molecular weight is 599 g/mol. The van der Waals surface area contributed by atoms with E-state index in [1.807, 2.05) is 0 Å². The molecule has 0 spiro atoms. The van der Waals surface area contributed by atoms with Crippen LogP contribution in [0.5, 0.6) is 17.2 Å². The number of carbonyl (C=O) groups is 2. The molecule has 0 radical (unpaired) electrons. The van der Waals surface area contributed by atoms with E-state index in [1.54, 1.807) is 42.5 Å². The molecule has 5 rings (SSSR count). The summed E-state index contributed by atoms with van der Waals surface area (Å²) in [6, 6.07) is 20.9. The van der Waals surface area contributed by atoms with Crippen molar-refractivity contribution in [1.29, 1.82) is 0 Å². The Morgan fingerprint density at radius 2 is 1.57 bits per heavy atom. The van der Waals surface area contributed by atoms with Crippen molar-refractivity contribution in [2.45, 2.75) is 11.6 Å². The summed E-state index contributed by atoms with van der Waals surface area (Å²) in [6.07, 6.45) is 3.78. The van der Waals surface area contributed by atoms with E-state index in [1.165, 1.54) is 82.1 Å². The highest BCUT2D eigenvalue weighted by molar-refractivity contribution is 6.04. The second-order valence-electron chi connectivity index (χ2n) is 9.70. The van der Waals surface area contributed by atoms with Gasteiger partial charge < -0.3 is 24.3 Å². The quantitative estimate of drug-likeness (QED) is 0.212. The topological polar surface area (TPSA) is 95.5 Å². The zero-order valence-electron chi connectivity index (χ0n) is 24.0. The predicted octanol–water partition coefficient (Wildman–Crippen LogP) is 6.41. The lowest BCUT2D eigenvalue weighted by molar-refractivity contribution is -0.119. The number of nitrogens with one attached hydrogen (secondary N) is 1. The van der Waals surface area contributed by atoms with Gasteiger partial charge in [0.15, 0.2) is 23.1 Å². The highest BCUT2D eigenvalue weighted by Gasteiger charge is 2.39. The van der Waals surface area contributed by atoms with E-state index in [0.717, 1.165) is 0 Å². The summed E-state index contributed by atoms with van der Waals surface area (Å²) in [6.45, 7) is 0. The van der Waals surface area contributed by atoms with Crippen LogP contribution in [0.2, 0.25) is 0 Å². The monoisotopic (exact) mass is 598 g/mol. The Bertz CT molecular complexity index is 1740. The summed E-state index contributed by atoms with van der Waals surface area (Å²) in [4.78, 5) is 31.1. The highest BCUT2D eigenvalue weighted by Crippen LogP contribution is 2.38. The number of benzene rings is 4. The third kappa shape index (κ3) is 5.87. The van der Waals surface area contributed by atoms with E-state index in [-0.39, 0.29) is 22.6 Å². The van der Waals surface area contributed by atoms with E-state index in [4.69, 9.17) is 18.9 Å². The molecule has 0 aliphatic carbocycles. The van der Waals surface area contributed by atoms with Gasteiger partial charge in [0.25, 0.3) is 5.91 Å². The number of esters is 1. The van der Waals surface area contributed by atoms with Crippen LogP contribution in [0.15, 0.2) is 102 Å². The van der Waals surface area contributed by atoms with Crippen LogP contribution in [0, 0.1) is 11.6 Å². The van der Waals surface area contributed by atoms with Gasteiger partial charge in [0.2, 0.25) is 0 Å². The van der Waals surface area contributed by atoms with Crippen molar-refractivity contribution in [1.82, 2.24) is 0 Å². The summed E-state index contributed by atoms with van der Waals surface area (Å²) in [7, 11) is 4.21. The molecule has 0 saturated heterocycles. The molecule has 2 atom stereocenters. The summed E-state index contributed by atoms with van der Waals surface area (Å²) in [5.41, 5.74) is -0.0411. The van der Waals surface area contributed by atoms with Crippen LogP contribution >= 0.6 is 0 Å². The maximum atomic E-state index is 14.9. The number of amides is 1. The van der Waals surface area contributed by atoms with E-state index in [0.29, 0.717) is 22.6 Å². The minimum atomic E-state index is -1.42. The number of anilines is 1. The lowest BCUT2D eigenvalue weighted by Crippen LogP contribution is -2.36. The van der Waals surface area contributed by atoms with Crippen LogP contribution in [-0.2, 0) is 15.1 Å². The van der Waals surface area contributed by atoms with Crippen LogP contribution in [0.25, 0.3) is 0 Å². The second-order valence-corrected chi connectivity index (χ2v) is 9.70. The molecular formula is C34H28F2N2O6. The summed E-state index contributed by atoms with van der Waals surface area (Å²) in [5, 5.41) is 2.83. The van der Waals surface area contributed by atoms with Gasteiger partial charge in [-0.2, -0.15) is 0 Å². The molecule has 0 saturated carbocycles. The Balaban J connectivity index is 1.50. The molecule has 4 aromatic carbocycles. The van der Waals surface area contributed by atoms with Gasteiger partial charge in [-0.3, -0.25) is 9.79 Å². The maximum Gasteiger partial charge on any atom is 0.341 e. The molecule has 2 unspecified atom stereocenters. The molecule has 10 heteroatoms. The van der Waals surface area contributed by atoms with Gasteiger partial charge in [0.1, 0.15) is 22.9 Å². The minimum Gasteiger partial charge on any atom is -0.493 e. The lowest BCUT2D eigenvalue weighted by atomic mass is 9.89. The molecule has 1 aliphatic rings. The number of aliphatic imine (C=N–C) groups is 1. The number of halogens is 2. The van der Waals surface area contributed by atoms with Gasteiger partial charge in [0.05, 0.1) is 21.3 Å². The Morgan fingerprint density at radius 3 is 2.23 bits per heavy atom. The van der Waals surface area contributed by atoms with E-state index >= 15 is 0 Å². The molecule has 1 amide bonds. The van der Waals surface area contributed by atoms with Crippen LogP contribution in [0.3, 0.4) is 0 Å². The standard InChI is InChI=1S/C34H28F2N2O6/c1-41-29-15-11-22(19-30(29)42-2)34(17-6-18-37-34)33(40)38-24-14-16-28(26(20-24)32(39)43-3)44-31(21-9-12-23(35)13-10-21)25-7-4-5-8-27(25)36/h4-20,31H,1-3H3,(H,38,40). The highest BCUT2D eigenvalue weighted by atomic mass is 19.1. The molecule has 0 aromatic heterocycles. The Kier molecular flexibility index (Phi) is 8.71. The lowest BCUT2D eigenvalue weighted by Gasteiger charge is -2.25. The van der Waals surface area contributed by atoms with Crippen molar-refractivity contribution in [3.05, 3.63) is 131 Å². The molecule has 1 aliphatic heterocycles. The van der Waals surface area contributed by atoms with E-state index in [2.05, 4.69) is 10.3 Å². The van der Waals surface area contributed by atoms with Crippen molar-refractivity contribution < 1.29 is 37.3 Å². The number of allylic oxidation sites excluding steroid dienone is 1. The normalized spacial score (nSPS) is 15.8. The summed E-state index contributed by atoms with van der Waals surface area (Å²) in [5.74, 6) is -1.30. The van der Waals surface area contributed by atoms with Gasteiger partial charge in [-0.25, -0.2) is 13.6 Å². The molecular weight excluding hydrogens is 570 g/mol. The van der Waals surface area contributed by atoms with Gasteiger partial charge >= 0.3 is 5.97 Å². The van der Waals surface area contributed by atoms with E-state index in [9.17, 15) is 18.4 Å². The van der Waals surface area contributed by atoms with Crippen molar-refractivity contribution in [2.24, 2.45) is 4.99 Å². The Morgan fingerprint density at radius 1 is 0.841 bits per heavy atom. The zero-order valence-corrected chi connectivity index (χ0v) is 24.0. The van der Waals surface area contributed by atoms with Crippen LogP contribution < -0.4 is 19.5 Å². The average Bonchev–Trinajstić information content (AvgIpc) is 3.56. The van der Waals surface area contributed by atoms with Gasteiger partial charge in [0, 0.05) is 17.5 Å². The van der Waals surface area contributed by atoms with Crippen molar-refractivity contribution >= 4 is 23.8 Å². The molecule has 1 N–H and O–H groups in total. The molecule has 224 valence electrons. The fourth-order valence-electron chi connectivity index (χ4n) is 4.87. The van der Waals surface area contributed by atoms with Crippen molar-refractivity contribution in [3.63, 3.8) is 0 Å². The van der Waals surface area contributed by atoms with E-state index < -0.39 is 35.2 Å².